The summed E-state index contributed by atoms with van der Waals surface area (Å²) in [5.41, 5.74) is 7.51. The van der Waals surface area contributed by atoms with Crippen LogP contribution < -0.4 is 11.1 Å². The third-order valence-electron chi connectivity index (χ3n) is 3.42. The summed E-state index contributed by atoms with van der Waals surface area (Å²) < 4.78 is 0. The molecule has 1 aromatic heterocycles. The van der Waals surface area contributed by atoms with Gasteiger partial charge < -0.3 is 11.1 Å². The number of rotatable bonds is 4. The number of nitrogens with two attached hydrogens (primary N) is 1. The number of nitrogens with one attached hydrogen (secondary N) is 1. The summed E-state index contributed by atoms with van der Waals surface area (Å²) in [5, 5.41) is 3.94. The van der Waals surface area contributed by atoms with Crippen LogP contribution in [0.1, 0.15) is 27.2 Å². The van der Waals surface area contributed by atoms with Gasteiger partial charge in [-0.15, -0.1) is 0 Å². The Morgan fingerprint density at radius 2 is 2.05 bits per heavy atom. The molecule has 3 N–H and O–H groups in total. The maximum Gasteiger partial charge on any atom is 0.228 e. The molecule has 0 saturated heterocycles. The van der Waals surface area contributed by atoms with Crippen LogP contribution >= 0.6 is 0 Å². The molecule has 2 rings (SSSR count). The zero-order valence-electron chi connectivity index (χ0n) is 12.9. The predicted molar refractivity (Wildman–Crippen MR) is 87.0 cm³/mol. The molecular formula is C17H23N3O. The lowest BCUT2D eigenvalue weighted by Gasteiger charge is -2.24. The standard InChI is InChI=1S/C17H23N3O/c1-17(2,3)10-12(11-18)16(21)20-15-8-4-7-14-13(15)6-5-9-19-14/h4-9,12H,10-11,18H2,1-3H3,(H,20,21). The molecule has 112 valence electrons. The van der Waals surface area contributed by atoms with Crippen LogP contribution in [0.4, 0.5) is 5.69 Å². The first-order valence-corrected chi connectivity index (χ1v) is 7.25. The van der Waals surface area contributed by atoms with Crippen LogP contribution in [0.2, 0.25) is 0 Å². The first-order valence-electron chi connectivity index (χ1n) is 7.25. The van der Waals surface area contributed by atoms with Crippen molar-refractivity contribution in [3.05, 3.63) is 36.5 Å². The number of amides is 1. The molecule has 0 aliphatic carbocycles. The molecule has 1 unspecified atom stereocenters. The summed E-state index contributed by atoms with van der Waals surface area (Å²) in [5.74, 6) is -0.208. The lowest BCUT2D eigenvalue weighted by atomic mass is 9.84. The Labute approximate surface area is 125 Å². The van der Waals surface area contributed by atoms with E-state index in [0.29, 0.717) is 6.54 Å². The van der Waals surface area contributed by atoms with E-state index < -0.39 is 0 Å². The number of benzene rings is 1. The summed E-state index contributed by atoms with van der Waals surface area (Å²) in [4.78, 5) is 16.8. The average molecular weight is 285 g/mol. The highest BCUT2D eigenvalue weighted by Crippen LogP contribution is 2.26. The largest absolute Gasteiger partial charge is 0.330 e. The van der Waals surface area contributed by atoms with Gasteiger partial charge in [-0.1, -0.05) is 26.8 Å². The van der Waals surface area contributed by atoms with Gasteiger partial charge >= 0.3 is 0 Å². The SMILES string of the molecule is CC(C)(C)CC(CN)C(=O)Nc1cccc2ncccc12. The quantitative estimate of drug-likeness (QED) is 0.906. The molecule has 0 aliphatic heterocycles. The highest BCUT2D eigenvalue weighted by atomic mass is 16.1. The predicted octanol–water partition coefficient (Wildman–Crippen LogP) is 3.18. The number of nitrogens with zero attached hydrogens (tertiary/aromatic N) is 1. The van der Waals surface area contributed by atoms with Gasteiger partial charge in [0.1, 0.15) is 0 Å². The Morgan fingerprint density at radius 3 is 2.71 bits per heavy atom. The summed E-state index contributed by atoms with van der Waals surface area (Å²) in [6.45, 7) is 6.70. The molecule has 21 heavy (non-hydrogen) atoms. The second-order valence-corrected chi connectivity index (χ2v) is 6.56. The molecule has 0 bridgehead atoms. The highest BCUT2D eigenvalue weighted by molar-refractivity contribution is 6.01. The van der Waals surface area contributed by atoms with Crippen LogP contribution in [-0.4, -0.2) is 17.4 Å². The van der Waals surface area contributed by atoms with Crippen molar-refractivity contribution in [2.45, 2.75) is 27.2 Å². The lowest BCUT2D eigenvalue weighted by Crippen LogP contribution is -2.32. The third-order valence-corrected chi connectivity index (χ3v) is 3.42. The van der Waals surface area contributed by atoms with Gasteiger partial charge in [-0.2, -0.15) is 0 Å². The highest BCUT2D eigenvalue weighted by Gasteiger charge is 2.24. The molecule has 0 aliphatic rings. The van der Waals surface area contributed by atoms with Crippen molar-refractivity contribution < 1.29 is 4.79 Å². The fraction of sp³-hybridized carbons (Fsp3) is 0.412. The van der Waals surface area contributed by atoms with E-state index in [0.717, 1.165) is 23.0 Å². The van der Waals surface area contributed by atoms with Crippen molar-refractivity contribution in [1.82, 2.24) is 4.98 Å². The fourth-order valence-electron chi connectivity index (χ4n) is 2.47. The van der Waals surface area contributed by atoms with Crippen LogP contribution in [0.3, 0.4) is 0 Å². The molecule has 0 spiro atoms. The van der Waals surface area contributed by atoms with Gasteiger partial charge in [-0.25, -0.2) is 0 Å². The molecule has 4 heteroatoms. The third kappa shape index (κ3) is 4.02. The molecule has 1 heterocycles. The molecule has 4 nitrogen and oxygen atoms in total. The minimum absolute atomic E-state index is 0.0243. The molecule has 2 aromatic rings. The van der Waals surface area contributed by atoms with Crippen LogP contribution in [0.25, 0.3) is 10.9 Å². The Kier molecular flexibility index (Phi) is 4.58. The van der Waals surface area contributed by atoms with E-state index >= 15 is 0 Å². The van der Waals surface area contributed by atoms with Crippen LogP contribution in [-0.2, 0) is 4.79 Å². The van der Waals surface area contributed by atoms with Crippen LogP contribution in [0, 0.1) is 11.3 Å². The summed E-state index contributed by atoms with van der Waals surface area (Å²) >= 11 is 0. The number of fused-ring (bicyclic) bond motifs is 1. The van der Waals surface area contributed by atoms with Gasteiger partial charge in [0.05, 0.1) is 17.1 Å². The van der Waals surface area contributed by atoms with Crippen molar-refractivity contribution in [2.75, 3.05) is 11.9 Å². The molecule has 0 saturated carbocycles. The van der Waals surface area contributed by atoms with E-state index in [1.807, 2.05) is 30.3 Å². The average Bonchev–Trinajstić information content (AvgIpc) is 2.44. The van der Waals surface area contributed by atoms with Crippen molar-refractivity contribution in [2.24, 2.45) is 17.1 Å². The fourth-order valence-corrected chi connectivity index (χ4v) is 2.47. The minimum atomic E-state index is -0.183. The van der Waals surface area contributed by atoms with Crippen molar-refractivity contribution in [1.29, 1.82) is 0 Å². The molecule has 1 amide bonds. The molecule has 0 radical (unpaired) electrons. The Bertz CT molecular complexity index is 626. The number of hydrogen-bond donors (Lipinski definition) is 2. The monoisotopic (exact) mass is 285 g/mol. The van der Waals surface area contributed by atoms with Gasteiger partial charge in [0, 0.05) is 18.1 Å². The van der Waals surface area contributed by atoms with Gasteiger partial charge in [-0.3, -0.25) is 9.78 Å². The molecular weight excluding hydrogens is 262 g/mol. The number of hydrogen-bond acceptors (Lipinski definition) is 3. The van der Waals surface area contributed by atoms with Gasteiger partial charge in [0.15, 0.2) is 0 Å². The van der Waals surface area contributed by atoms with E-state index in [2.05, 4.69) is 31.1 Å². The molecule has 0 fully saturated rings. The van der Waals surface area contributed by atoms with Crippen molar-refractivity contribution >= 4 is 22.5 Å². The number of anilines is 1. The van der Waals surface area contributed by atoms with Crippen molar-refractivity contribution in [3.8, 4) is 0 Å². The topological polar surface area (TPSA) is 68.0 Å². The number of pyridine rings is 1. The summed E-state index contributed by atoms with van der Waals surface area (Å²) in [6, 6.07) is 9.55. The van der Waals surface area contributed by atoms with E-state index in [1.54, 1.807) is 6.20 Å². The van der Waals surface area contributed by atoms with E-state index in [9.17, 15) is 4.79 Å². The van der Waals surface area contributed by atoms with Gasteiger partial charge in [-0.05, 0) is 36.1 Å². The summed E-state index contributed by atoms with van der Waals surface area (Å²) in [7, 11) is 0. The maximum absolute atomic E-state index is 12.5. The van der Waals surface area contributed by atoms with E-state index in [1.165, 1.54) is 0 Å². The molecule has 1 atom stereocenters. The number of aromatic nitrogens is 1. The Morgan fingerprint density at radius 1 is 1.29 bits per heavy atom. The van der Waals surface area contributed by atoms with E-state index in [4.69, 9.17) is 5.73 Å². The van der Waals surface area contributed by atoms with Gasteiger partial charge in [0.25, 0.3) is 0 Å². The van der Waals surface area contributed by atoms with Crippen LogP contribution in [0.5, 0.6) is 0 Å². The van der Waals surface area contributed by atoms with E-state index in [-0.39, 0.29) is 17.2 Å². The zero-order chi connectivity index (χ0) is 15.5. The minimum Gasteiger partial charge on any atom is -0.330 e. The maximum atomic E-state index is 12.5. The zero-order valence-corrected chi connectivity index (χ0v) is 12.9. The second kappa shape index (κ2) is 6.22. The first kappa shape index (κ1) is 15.4. The Balaban J connectivity index is 2.21. The van der Waals surface area contributed by atoms with Gasteiger partial charge in [0.2, 0.25) is 5.91 Å². The summed E-state index contributed by atoms with van der Waals surface area (Å²) in [6.07, 6.45) is 2.51. The smallest absolute Gasteiger partial charge is 0.228 e. The first-order chi connectivity index (χ1) is 9.90. The van der Waals surface area contributed by atoms with Crippen molar-refractivity contribution in [3.63, 3.8) is 0 Å². The molecule has 1 aromatic carbocycles. The number of carbonyl (C=O) groups is 1. The number of carbonyl (C=O) groups excluding carboxylic acids is 1. The Hall–Kier alpha value is -1.94. The van der Waals surface area contributed by atoms with Crippen LogP contribution in [0.15, 0.2) is 36.5 Å². The normalized spacial score (nSPS) is 13.1. The second-order valence-electron chi connectivity index (χ2n) is 6.56. The lowest BCUT2D eigenvalue weighted by molar-refractivity contribution is -0.120.